The fraction of sp³-hybridized carbons (Fsp3) is 0.600. The lowest BCUT2D eigenvalue weighted by molar-refractivity contribution is 0.0341. The summed E-state index contributed by atoms with van der Waals surface area (Å²) in [6, 6.07) is 8.82. The van der Waals surface area contributed by atoms with Crippen molar-refractivity contribution in [3.63, 3.8) is 0 Å². The summed E-state index contributed by atoms with van der Waals surface area (Å²) >= 11 is 0. The largest absolute Gasteiger partial charge is 0.488 e. The zero-order valence-electron chi connectivity index (χ0n) is 10.9. The summed E-state index contributed by atoms with van der Waals surface area (Å²) in [5, 5.41) is 3.47. The van der Waals surface area contributed by atoms with Gasteiger partial charge in [-0.1, -0.05) is 18.2 Å². The van der Waals surface area contributed by atoms with Gasteiger partial charge in [-0.25, -0.2) is 0 Å². The Hall–Kier alpha value is -1.06. The van der Waals surface area contributed by atoms with Crippen molar-refractivity contribution in [2.45, 2.75) is 31.4 Å². The lowest BCUT2D eigenvalue weighted by Gasteiger charge is -2.33. The second kappa shape index (κ2) is 5.29. The first-order valence-electron chi connectivity index (χ1n) is 6.88. The number of hydrogen-bond acceptors (Lipinski definition) is 3. The third kappa shape index (κ3) is 2.25. The molecule has 98 valence electrons. The molecule has 2 atom stereocenters. The fourth-order valence-electron chi connectivity index (χ4n) is 3.21. The summed E-state index contributed by atoms with van der Waals surface area (Å²) in [6.07, 6.45) is 3.58. The molecule has 3 heteroatoms. The van der Waals surface area contributed by atoms with Crippen molar-refractivity contribution < 1.29 is 9.47 Å². The number of ether oxygens (including phenoxy) is 2. The first kappa shape index (κ1) is 12.0. The van der Waals surface area contributed by atoms with Crippen LogP contribution in [0.15, 0.2) is 24.3 Å². The average molecular weight is 247 g/mol. The quantitative estimate of drug-likeness (QED) is 0.886. The fourth-order valence-corrected chi connectivity index (χ4v) is 3.21. The third-order valence-electron chi connectivity index (χ3n) is 4.18. The topological polar surface area (TPSA) is 30.5 Å². The molecule has 2 aliphatic heterocycles. The molecule has 3 rings (SSSR count). The minimum absolute atomic E-state index is 0.274. The lowest BCUT2D eigenvalue weighted by Crippen LogP contribution is -2.47. The molecule has 0 spiro atoms. The molecular formula is C15H21NO2. The molecule has 18 heavy (non-hydrogen) atoms. The molecule has 0 radical (unpaired) electrons. The monoisotopic (exact) mass is 247 g/mol. The number of likely N-dealkylation sites (N-methyl/N-ethyl adjacent to an activating group) is 1. The first-order chi connectivity index (χ1) is 8.88. The number of para-hydroxylation sites is 1. The van der Waals surface area contributed by atoms with E-state index in [1.807, 2.05) is 13.1 Å². The molecule has 0 aliphatic carbocycles. The zero-order valence-corrected chi connectivity index (χ0v) is 10.9. The number of fused-ring (bicyclic) bond motifs is 1. The van der Waals surface area contributed by atoms with Crippen LogP contribution in [0, 0.1) is 5.92 Å². The van der Waals surface area contributed by atoms with E-state index < -0.39 is 0 Å². The Morgan fingerprint density at radius 1 is 1.22 bits per heavy atom. The van der Waals surface area contributed by atoms with E-state index in [-0.39, 0.29) is 6.10 Å². The lowest BCUT2D eigenvalue weighted by atomic mass is 9.87. The first-order valence-corrected chi connectivity index (χ1v) is 6.88. The minimum Gasteiger partial charge on any atom is -0.488 e. The van der Waals surface area contributed by atoms with Crippen molar-refractivity contribution in [2.75, 3.05) is 20.3 Å². The van der Waals surface area contributed by atoms with Crippen molar-refractivity contribution in [2.24, 2.45) is 5.92 Å². The molecule has 1 aromatic carbocycles. The Morgan fingerprint density at radius 3 is 2.72 bits per heavy atom. The summed E-state index contributed by atoms with van der Waals surface area (Å²) in [5.41, 5.74) is 1.34. The van der Waals surface area contributed by atoms with Crippen LogP contribution in [0.1, 0.15) is 18.4 Å². The predicted molar refractivity (Wildman–Crippen MR) is 71.0 cm³/mol. The molecule has 1 fully saturated rings. The van der Waals surface area contributed by atoms with Crippen LogP contribution in [0.5, 0.6) is 5.75 Å². The van der Waals surface area contributed by atoms with Crippen LogP contribution in [-0.4, -0.2) is 32.4 Å². The van der Waals surface area contributed by atoms with Gasteiger partial charge in [0, 0.05) is 25.7 Å². The maximum atomic E-state index is 6.11. The van der Waals surface area contributed by atoms with Crippen LogP contribution in [-0.2, 0) is 11.2 Å². The van der Waals surface area contributed by atoms with Gasteiger partial charge in [-0.05, 0) is 37.4 Å². The van der Waals surface area contributed by atoms with Crippen molar-refractivity contribution >= 4 is 0 Å². The molecule has 2 heterocycles. The maximum absolute atomic E-state index is 6.11. The normalized spacial score (nSPS) is 25.5. The van der Waals surface area contributed by atoms with E-state index in [0.717, 1.165) is 38.2 Å². The van der Waals surface area contributed by atoms with Gasteiger partial charge < -0.3 is 14.8 Å². The second-order valence-corrected chi connectivity index (χ2v) is 5.23. The summed E-state index contributed by atoms with van der Waals surface area (Å²) < 4.78 is 11.6. The number of benzene rings is 1. The molecule has 1 N–H and O–H groups in total. The van der Waals surface area contributed by atoms with E-state index in [1.54, 1.807) is 0 Å². The Kier molecular flexibility index (Phi) is 3.52. The van der Waals surface area contributed by atoms with Crippen molar-refractivity contribution in [3.8, 4) is 5.75 Å². The van der Waals surface area contributed by atoms with Crippen molar-refractivity contribution in [1.82, 2.24) is 5.32 Å². The molecule has 1 aromatic rings. The Morgan fingerprint density at radius 2 is 2.00 bits per heavy atom. The average Bonchev–Trinajstić information content (AvgIpc) is 2.84. The van der Waals surface area contributed by atoms with Crippen LogP contribution >= 0.6 is 0 Å². The number of hydrogen-bond donors (Lipinski definition) is 1. The van der Waals surface area contributed by atoms with E-state index >= 15 is 0 Å². The molecule has 0 bridgehead atoms. The van der Waals surface area contributed by atoms with E-state index in [4.69, 9.17) is 9.47 Å². The van der Waals surface area contributed by atoms with Crippen LogP contribution in [0.3, 0.4) is 0 Å². The molecule has 2 aliphatic rings. The van der Waals surface area contributed by atoms with Gasteiger partial charge in [-0.2, -0.15) is 0 Å². The molecule has 0 amide bonds. The molecular weight excluding hydrogens is 226 g/mol. The van der Waals surface area contributed by atoms with Gasteiger partial charge in [-0.15, -0.1) is 0 Å². The Balaban J connectivity index is 1.71. The van der Waals surface area contributed by atoms with Gasteiger partial charge in [0.25, 0.3) is 0 Å². The van der Waals surface area contributed by atoms with Crippen LogP contribution in [0.25, 0.3) is 0 Å². The summed E-state index contributed by atoms with van der Waals surface area (Å²) in [7, 11) is 2.05. The molecule has 3 nitrogen and oxygen atoms in total. The standard InChI is InChI=1S/C15H21NO2/c1-16-15(11-6-8-17-9-7-11)14-10-12-4-2-3-5-13(12)18-14/h2-5,11,14-16H,6-10H2,1H3. The van der Waals surface area contributed by atoms with Gasteiger partial charge >= 0.3 is 0 Å². The zero-order chi connectivity index (χ0) is 12.4. The van der Waals surface area contributed by atoms with Gasteiger partial charge in [0.1, 0.15) is 11.9 Å². The van der Waals surface area contributed by atoms with Crippen molar-refractivity contribution in [1.29, 1.82) is 0 Å². The Labute approximate surface area is 108 Å². The highest BCUT2D eigenvalue weighted by molar-refractivity contribution is 5.37. The molecule has 0 saturated carbocycles. The smallest absolute Gasteiger partial charge is 0.123 e. The van der Waals surface area contributed by atoms with Gasteiger partial charge in [0.2, 0.25) is 0 Å². The van der Waals surface area contributed by atoms with Crippen LogP contribution < -0.4 is 10.1 Å². The van der Waals surface area contributed by atoms with Crippen LogP contribution in [0.2, 0.25) is 0 Å². The molecule has 1 saturated heterocycles. The SMILES string of the molecule is CNC(C1CCOCC1)C1Cc2ccccc2O1. The van der Waals surface area contributed by atoms with Crippen molar-refractivity contribution in [3.05, 3.63) is 29.8 Å². The summed E-state index contributed by atoms with van der Waals surface area (Å²) in [4.78, 5) is 0. The molecule has 0 aromatic heterocycles. The summed E-state index contributed by atoms with van der Waals surface area (Å²) in [5.74, 6) is 1.73. The van der Waals surface area contributed by atoms with Gasteiger partial charge in [0.05, 0.1) is 0 Å². The van der Waals surface area contributed by atoms with Crippen LogP contribution in [0.4, 0.5) is 0 Å². The number of rotatable bonds is 3. The van der Waals surface area contributed by atoms with E-state index in [9.17, 15) is 0 Å². The van der Waals surface area contributed by atoms with E-state index in [1.165, 1.54) is 5.56 Å². The predicted octanol–water partition coefficient (Wildman–Crippen LogP) is 2.00. The number of nitrogens with one attached hydrogen (secondary N) is 1. The van der Waals surface area contributed by atoms with E-state index in [0.29, 0.717) is 12.0 Å². The second-order valence-electron chi connectivity index (χ2n) is 5.23. The van der Waals surface area contributed by atoms with Gasteiger partial charge in [0.15, 0.2) is 0 Å². The summed E-state index contributed by atoms with van der Waals surface area (Å²) in [6.45, 7) is 1.78. The third-order valence-corrected chi connectivity index (χ3v) is 4.18. The van der Waals surface area contributed by atoms with E-state index in [2.05, 4.69) is 23.5 Å². The highest BCUT2D eigenvalue weighted by Gasteiger charge is 2.34. The highest BCUT2D eigenvalue weighted by Crippen LogP contribution is 2.33. The highest BCUT2D eigenvalue weighted by atomic mass is 16.5. The Bertz CT molecular complexity index is 376. The van der Waals surface area contributed by atoms with Gasteiger partial charge in [-0.3, -0.25) is 0 Å². The molecule has 2 unspecified atom stereocenters. The minimum atomic E-state index is 0.274. The maximum Gasteiger partial charge on any atom is 0.123 e.